The molecule has 0 fully saturated rings. The second-order valence-electron chi connectivity index (χ2n) is 4.47. The summed E-state index contributed by atoms with van der Waals surface area (Å²) in [5, 5.41) is 4.27. The molecule has 3 heteroatoms. The molecule has 0 radical (unpaired) electrons. The van der Waals surface area contributed by atoms with Gasteiger partial charge in [-0.15, -0.1) is 0 Å². The lowest BCUT2D eigenvalue weighted by atomic mass is 10.0. The van der Waals surface area contributed by atoms with Gasteiger partial charge in [-0.1, -0.05) is 29.8 Å². The highest BCUT2D eigenvalue weighted by atomic mass is 79.9. The number of halogens is 1. The van der Waals surface area contributed by atoms with Crippen LogP contribution in [0.3, 0.4) is 0 Å². The Kier molecular flexibility index (Phi) is 5.37. The molecule has 86 valence electrons. The first-order chi connectivity index (χ1) is 7.11. The first-order valence-electron chi connectivity index (χ1n) is 5.77. The van der Waals surface area contributed by atoms with Gasteiger partial charge in [0.25, 0.3) is 0 Å². The van der Waals surface area contributed by atoms with E-state index >= 15 is 0 Å². The van der Waals surface area contributed by atoms with E-state index in [1.54, 1.807) is 0 Å². The number of hydrogen-bond acceptors (Lipinski definition) is 1. The smallest absolute Gasteiger partial charge is 0.0521 e. The summed E-state index contributed by atoms with van der Waals surface area (Å²) in [6, 6.07) is 0. The summed E-state index contributed by atoms with van der Waals surface area (Å²) in [4.78, 5) is 0.641. The molecule has 1 unspecified atom stereocenters. The van der Waals surface area contributed by atoms with Crippen LogP contribution in [-0.2, 0) is 13.0 Å². The maximum absolute atomic E-state index is 4.27. The fourth-order valence-electron chi connectivity index (χ4n) is 1.66. The van der Waals surface area contributed by atoms with Gasteiger partial charge in [0.05, 0.1) is 6.20 Å². The Hall–Kier alpha value is -0.310. The Morgan fingerprint density at radius 2 is 2.20 bits per heavy atom. The van der Waals surface area contributed by atoms with E-state index < -0.39 is 0 Å². The van der Waals surface area contributed by atoms with E-state index in [4.69, 9.17) is 0 Å². The lowest BCUT2D eigenvalue weighted by Crippen LogP contribution is -2.04. The van der Waals surface area contributed by atoms with E-state index in [0.717, 1.165) is 18.9 Å². The molecule has 0 amide bonds. The molecule has 1 rings (SSSR count). The Bertz CT molecular complexity index is 281. The Morgan fingerprint density at radius 1 is 1.47 bits per heavy atom. The maximum Gasteiger partial charge on any atom is 0.0521 e. The van der Waals surface area contributed by atoms with E-state index in [0.29, 0.717) is 4.83 Å². The summed E-state index contributed by atoms with van der Waals surface area (Å²) >= 11 is 3.73. The van der Waals surface area contributed by atoms with Crippen LogP contribution in [0, 0.1) is 5.92 Å². The molecule has 1 aromatic heterocycles. The van der Waals surface area contributed by atoms with Crippen molar-refractivity contribution in [2.45, 2.75) is 51.4 Å². The zero-order valence-electron chi connectivity index (χ0n) is 9.91. The van der Waals surface area contributed by atoms with Crippen molar-refractivity contribution in [1.82, 2.24) is 9.78 Å². The molecule has 0 aliphatic heterocycles. The van der Waals surface area contributed by atoms with Crippen LogP contribution in [0.5, 0.6) is 0 Å². The third kappa shape index (κ3) is 4.83. The molecule has 2 nitrogen and oxygen atoms in total. The molecule has 0 saturated heterocycles. The average molecular weight is 273 g/mol. The van der Waals surface area contributed by atoms with E-state index in [9.17, 15) is 0 Å². The molecule has 0 aliphatic carbocycles. The minimum absolute atomic E-state index is 0.641. The molecular weight excluding hydrogens is 252 g/mol. The summed E-state index contributed by atoms with van der Waals surface area (Å²) in [7, 11) is 0. The molecule has 1 atom stereocenters. The lowest BCUT2D eigenvalue weighted by Gasteiger charge is -2.11. The van der Waals surface area contributed by atoms with Crippen LogP contribution in [0.25, 0.3) is 0 Å². The van der Waals surface area contributed by atoms with Gasteiger partial charge >= 0.3 is 0 Å². The van der Waals surface area contributed by atoms with Gasteiger partial charge in [-0.2, -0.15) is 5.10 Å². The van der Waals surface area contributed by atoms with Gasteiger partial charge in [-0.05, 0) is 37.7 Å². The highest BCUT2D eigenvalue weighted by Gasteiger charge is 2.07. The highest BCUT2D eigenvalue weighted by molar-refractivity contribution is 9.09. The molecule has 1 aromatic rings. The predicted octanol–water partition coefficient (Wildman–Crippen LogP) is 3.65. The van der Waals surface area contributed by atoms with Gasteiger partial charge in [-0.3, -0.25) is 4.68 Å². The fourth-order valence-corrected chi connectivity index (χ4v) is 2.64. The van der Waals surface area contributed by atoms with Crippen LogP contribution in [-0.4, -0.2) is 14.6 Å². The largest absolute Gasteiger partial charge is 0.273 e. The zero-order valence-corrected chi connectivity index (χ0v) is 11.5. The summed E-state index contributed by atoms with van der Waals surface area (Å²) in [6.07, 6.45) is 7.71. The molecule has 0 saturated carbocycles. The van der Waals surface area contributed by atoms with Crippen molar-refractivity contribution in [3.8, 4) is 0 Å². The number of rotatable bonds is 6. The van der Waals surface area contributed by atoms with Gasteiger partial charge in [-0.25, -0.2) is 0 Å². The number of alkyl halides is 1. The number of hydrogen-bond donors (Lipinski definition) is 0. The SMILES string of the molecule is CCn1cc(CCC(Br)CC(C)C)cn1. The predicted molar refractivity (Wildman–Crippen MR) is 68.4 cm³/mol. The second kappa shape index (κ2) is 6.31. The van der Waals surface area contributed by atoms with Gasteiger partial charge in [0.2, 0.25) is 0 Å². The highest BCUT2D eigenvalue weighted by Crippen LogP contribution is 2.18. The molecule has 1 heterocycles. The Morgan fingerprint density at radius 3 is 2.73 bits per heavy atom. The summed E-state index contributed by atoms with van der Waals surface area (Å²) in [6.45, 7) is 7.61. The fraction of sp³-hybridized carbons (Fsp3) is 0.750. The number of aryl methyl sites for hydroxylation is 2. The minimum atomic E-state index is 0.641. The molecule has 0 aliphatic rings. The average Bonchev–Trinajstić information content (AvgIpc) is 2.61. The molecule has 0 spiro atoms. The topological polar surface area (TPSA) is 17.8 Å². The zero-order chi connectivity index (χ0) is 11.3. The van der Waals surface area contributed by atoms with Crippen LogP contribution >= 0.6 is 15.9 Å². The van der Waals surface area contributed by atoms with Gasteiger partial charge in [0.15, 0.2) is 0 Å². The molecular formula is C12H21BrN2. The second-order valence-corrected chi connectivity index (χ2v) is 5.76. The third-order valence-corrected chi connectivity index (χ3v) is 3.32. The van der Waals surface area contributed by atoms with Crippen LogP contribution < -0.4 is 0 Å². The normalized spacial score (nSPS) is 13.4. The summed E-state index contributed by atoms with van der Waals surface area (Å²) in [5.41, 5.74) is 1.35. The van der Waals surface area contributed by atoms with Crippen molar-refractivity contribution in [3.05, 3.63) is 18.0 Å². The van der Waals surface area contributed by atoms with Gasteiger partial charge in [0.1, 0.15) is 0 Å². The third-order valence-electron chi connectivity index (χ3n) is 2.48. The van der Waals surface area contributed by atoms with E-state index in [-0.39, 0.29) is 0 Å². The van der Waals surface area contributed by atoms with E-state index in [1.165, 1.54) is 18.4 Å². The standard InChI is InChI=1S/C12H21BrN2/c1-4-15-9-11(8-14-15)5-6-12(13)7-10(2)3/h8-10,12H,4-7H2,1-3H3. The van der Waals surface area contributed by atoms with Gasteiger partial charge < -0.3 is 0 Å². The van der Waals surface area contributed by atoms with Crippen molar-refractivity contribution in [2.75, 3.05) is 0 Å². The Balaban J connectivity index is 2.30. The van der Waals surface area contributed by atoms with Crippen LogP contribution in [0.15, 0.2) is 12.4 Å². The molecule has 0 N–H and O–H groups in total. The summed E-state index contributed by atoms with van der Waals surface area (Å²) < 4.78 is 1.99. The molecule has 15 heavy (non-hydrogen) atoms. The van der Waals surface area contributed by atoms with E-state index in [2.05, 4.69) is 48.0 Å². The molecule has 0 aromatic carbocycles. The van der Waals surface area contributed by atoms with Gasteiger partial charge in [0, 0.05) is 17.6 Å². The first-order valence-corrected chi connectivity index (χ1v) is 6.68. The maximum atomic E-state index is 4.27. The Labute approximate surface area is 101 Å². The van der Waals surface area contributed by atoms with Crippen LogP contribution in [0.1, 0.15) is 39.2 Å². The molecule has 0 bridgehead atoms. The van der Waals surface area contributed by atoms with Crippen molar-refractivity contribution in [2.24, 2.45) is 5.92 Å². The lowest BCUT2D eigenvalue weighted by molar-refractivity contribution is 0.554. The van der Waals surface area contributed by atoms with Crippen LogP contribution in [0.4, 0.5) is 0 Å². The first kappa shape index (κ1) is 12.8. The van der Waals surface area contributed by atoms with Crippen LogP contribution in [0.2, 0.25) is 0 Å². The van der Waals surface area contributed by atoms with Crippen molar-refractivity contribution in [3.63, 3.8) is 0 Å². The quantitative estimate of drug-likeness (QED) is 0.723. The van der Waals surface area contributed by atoms with Crippen molar-refractivity contribution < 1.29 is 0 Å². The van der Waals surface area contributed by atoms with Crippen molar-refractivity contribution >= 4 is 15.9 Å². The van der Waals surface area contributed by atoms with Crippen molar-refractivity contribution in [1.29, 1.82) is 0 Å². The number of aromatic nitrogens is 2. The number of nitrogens with zero attached hydrogens (tertiary/aromatic N) is 2. The monoisotopic (exact) mass is 272 g/mol. The minimum Gasteiger partial charge on any atom is -0.273 e. The van der Waals surface area contributed by atoms with E-state index in [1.807, 2.05) is 10.9 Å². The summed E-state index contributed by atoms with van der Waals surface area (Å²) in [5.74, 6) is 0.771.